The van der Waals surface area contributed by atoms with Crippen molar-refractivity contribution in [2.45, 2.75) is 88.7 Å². The lowest BCUT2D eigenvalue weighted by molar-refractivity contribution is -0.140. The Labute approximate surface area is 412 Å². The van der Waals surface area contributed by atoms with Gasteiger partial charge in [0.1, 0.15) is 17.9 Å². The Balaban J connectivity index is 1.12. The van der Waals surface area contributed by atoms with Gasteiger partial charge >= 0.3 is 12.3 Å². The SMILES string of the molecule is CN1CC[C@@H](Nc2cccc3c2cc(C#CCN(C(=O)OC(C)(C)C)c2cc(O)cc(S(C)(=N)=O)c2)n3CC(F)(F)F)[C@H](CCOCCOCCO[Si](c2ccccc2)(c2ccccc2)C(C)(C)C)C1. The molecule has 2 heterocycles. The lowest BCUT2D eigenvalue weighted by atomic mass is 9.89. The van der Waals surface area contributed by atoms with E-state index in [9.17, 15) is 27.3 Å². The van der Waals surface area contributed by atoms with Crippen LogP contribution >= 0.6 is 0 Å². The molecule has 1 fully saturated rings. The topological polar surface area (TPSA) is 139 Å². The van der Waals surface area contributed by atoms with E-state index >= 15 is 0 Å². The fraction of sp³-hybridized carbons (Fsp3) is 0.453. The first-order valence-corrected chi connectivity index (χ1v) is 27.4. The third kappa shape index (κ3) is 14.2. The molecule has 3 N–H and O–H groups in total. The number of carbonyl (C=O) groups is 1. The molecule has 17 heteroatoms. The summed E-state index contributed by atoms with van der Waals surface area (Å²) in [6, 6.07) is 31.6. The number of amides is 1. The number of aromatic hydroxyl groups is 1. The number of rotatable bonds is 18. The third-order valence-corrected chi connectivity index (χ3v) is 18.4. The molecule has 12 nitrogen and oxygen atoms in total. The van der Waals surface area contributed by atoms with Gasteiger partial charge in [-0.1, -0.05) is 93.4 Å². The highest BCUT2D eigenvalue weighted by molar-refractivity contribution is 7.91. The second-order valence-corrected chi connectivity index (χ2v) is 26.4. The largest absolute Gasteiger partial charge is 0.508 e. The molecule has 1 aliphatic rings. The number of halogens is 3. The van der Waals surface area contributed by atoms with Crippen LogP contribution in [0.4, 0.5) is 29.3 Å². The number of benzene rings is 4. The summed E-state index contributed by atoms with van der Waals surface area (Å²) in [5, 5.41) is 17.0. The molecular weight excluding hydrogens is 936 g/mol. The predicted octanol–water partition coefficient (Wildman–Crippen LogP) is 9.47. The maximum atomic E-state index is 14.2. The molecule has 1 aliphatic heterocycles. The first kappa shape index (κ1) is 54.0. The van der Waals surface area contributed by atoms with Crippen LogP contribution in [-0.2, 0) is 34.9 Å². The number of piperidine rings is 1. The Bertz CT molecular complexity index is 2670. The van der Waals surface area contributed by atoms with E-state index in [0.29, 0.717) is 49.6 Å². The van der Waals surface area contributed by atoms with Crippen molar-refractivity contribution in [1.82, 2.24) is 9.47 Å². The monoisotopic (exact) mass is 1000 g/mol. The number of aromatic nitrogens is 1. The van der Waals surface area contributed by atoms with Crippen LogP contribution in [0, 0.1) is 22.5 Å². The molecule has 1 aromatic heterocycles. The first-order valence-electron chi connectivity index (χ1n) is 23.6. The van der Waals surface area contributed by atoms with Crippen LogP contribution in [0.3, 0.4) is 0 Å². The van der Waals surface area contributed by atoms with Crippen molar-refractivity contribution in [2.75, 3.05) is 76.2 Å². The summed E-state index contributed by atoms with van der Waals surface area (Å²) in [6.07, 6.45) is -2.68. The zero-order valence-electron chi connectivity index (χ0n) is 41.5. The number of hydrogen-bond acceptors (Lipinski definition) is 10. The average molecular weight is 1000 g/mol. The molecule has 6 rings (SSSR count). The second kappa shape index (κ2) is 22.8. The molecule has 0 bridgehead atoms. The molecule has 4 aromatic carbocycles. The summed E-state index contributed by atoms with van der Waals surface area (Å²) in [6.45, 7) is 14.0. The Kier molecular flexibility index (Phi) is 17.6. The first-order chi connectivity index (χ1) is 32.9. The molecule has 1 unspecified atom stereocenters. The van der Waals surface area contributed by atoms with Crippen molar-refractivity contribution in [1.29, 1.82) is 4.78 Å². The van der Waals surface area contributed by atoms with Gasteiger partial charge in [-0.3, -0.25) is 4.90 Å². The van der Waals surface area contributed by atoms with E-state index in [1.54, 1.807) is 39.0 Å². The van der Waals surface area contributed by atoms with E-state index in [1.165, 1.54) is 34.8 Å². The van der Waals surface area contributed by atoms with Crippen LogP contribution in [0.2, 0.25) is 5.04 Å². The van der Waals surface area contributed by atoms with Crippen LogP contribution in [0.25, 0.3) is 10.9 Å². The van der Waals surface area contributed by atoms with Crippen LogP contribution in [0.15, 0.2) is 108 Å². The van der Waals surface area contributed by atoms with Gasteiger partial charge in [0.2, 0.25) is 0 Å². The number of alkyl halides is 3. The van der Waals surface area contributed by atoms with Gasteiger partial charge in [0.15, 0.2) is 0 Å². The maximum absolute atomic E-state index is 14.2. The van der Waals surface area contributed by atoms with Crippen molar-refractivity contribution >= 4 is 56.8 Å². The lowest BCUT2D eigenvalue weighted by Gasteiger charge is -2.43. The highest BCUT2D eigenvalue weighted by Gasteiger charge is 2.50. The number of ether oxygens (including phenoxy) is 3. The Morgan fingerprint density at radius 1 is 0.886 bits per heavy atom. The maximum Gasteiger partial charge on any atom is 0.415 e. The molecule has 0 radical (unpaired) electrons. The van der Waals surface area contributed by atoms with Gasteiger partial charge in [-0.25, -0.2) is 13.8 Å². The van der Waals surface area contributed by atoms with Crippen molar-refractivity contribution in [2.24, 2.45) is 5.92 Å². The van der Waals surface area contributed by atoms with Crippen molar-refractivity contribution in [3.8, 4) is 17.6 Å². The van der Waals surface area contributed by atoms with Crippen LogP contribution in [0.1, 0.15) is 60.1 Å². The smallest absolute Gasteiger partial charge is 0.415 e. The molecule has 5 aromatic rings. The number of hydrogen-bond donors (Lipinski definition) is 3. The van der Waals surface area contributed by atoms with Gasteiger partial charge in [0.25, 0.3) is 8.32 Å². The molecule has 0 aliphatic carbocycles. The summed E-state index contributed by atoms with van der Waals surface area (Å²) in [5.41, 5.74) is 0.221. The molecule has 1 saturated heterocycles. The highest BCUT2D eigenvalue weighted by Crippen LogP contribution is 2.37. The fourth-order valence-electron chi connectivity index (χ4n) is 9.07. The van der Waals surface area contributed by atoms with Crippen LogP contribution < -0.4 is 20.6 Å². The zero-order valence-corrected chi connectivity index (χ0v) is 43.3. The van der Waals surface area contributed by atoms with E-state index < -0.39 is 42.5 Å². The van der Waals surface area contributed by atoms with Crippen molar-refractivity contribution in [3.05, 3.63) is 109 Å². The number of likely N-dealkylation sites (tertiary alicyclic amines) is 1. The quantitative estimate of drug-likeness (QED) is 0.0445. The van der Waals surface area contributed by atoms with Gasteiger partial charge in [-0.2, -0.15) is 13.2 Å². The van der Waals surface area contributed by atoms with Crippen molar-refractivity contribution in [3.63, 3.8) is 0 Å². The molecular formula is C53H68F3N5O7SSi. The number of nitrogens with zero attached hydrogens (tertiary/aromatic N) is 3. The molecule has 1 amide bonds. The number of nitrogens with one attached hydrogen (secondary N) is 2. The number of anilines is 2. The van der Waals surface area contributed by atoms with Crippen LogP contribution in [0.5, 0.6) is 5.75 Å². The summed E-state index contributed by atoms with van der Waals surface area (Å²) in [4.78, 5) is 16.8. The van der Waals surface area contributed by atoms with Gasteiger partial charge < -0.3 is 38.5 Å². The number of phenols is 1. The molecule has 0 spiro atoms. The number of carbonyl (C=O) groups excluding carboxylic acids is 1. The minimum Gasteiger partial charge on any atom is -0.508 e. The third-order valence-electron chi connectivity index (χ3n) is 12.2. The van der Waals surface area contributed by atoms with Gasteiger partial charge in [0, 0.05) is 42.6 Å². The van der Waals surface area contributed by atoms with Gasteiger partial charge in [-0.05, 0) is 105 Å². The standard InChI is InChI=1S/C53H68F3N5O7SSi/c1-51(2,3)68-50(63)60(41-33-42(62)36-43(34-41)69(8,57)64)26-16-17-40-35-46-48(22-15-23-49(46)61(40)38-53(54,55)56)58-47-24-27-59(7)37-39(47)25-28-65-29-30-66-31-32-67-70(52(4,5)6,44-18-11-9-12-19-44)45-20-13-10-14-21-45/h9-15,18-23,33-36,39,47,57-58,62H,24-32,37-38H2,1-8H3/t39-,47-,69?/m1/s1. The second-order valence-electron chi connectivity index (χ2n) is 20.0. The minimum atomic E-state index is -4.57. The van der Waals surface area contributed by atoms with E-state index in [4.69, 9.17) is 23.4 Å². The average Bonchev–Trinajstić information content (AvgIpc) is 3.61. The number of phenolic OH excluding ortho intramolecular Hbond substituents is 1. The normalized spacial score (nSPS) is 16.8. The molecule has 0 saturated carbocycles. The Morgan fingerprint density at radius 3 is 2.11 bits per heavy atom. The lowest BCUT2D eigenvalue weighted by Crippen LogP contribution is -2.66. The van der Waals surface area contributed by atoms with Crippen LogP contribution in [-0.4, -0.2) is 117 Å². The molecule has 3 atom stereocenters. The van der Waals surface area contributed by atoms with Crippen molar-refractivity contribution < 1.29 is 45.9 Å². The zero-order chi connectivity index (χ0) is 50.9. The van der Waals surface area contributed by atoms with Gasteiger partial charge in [0.05, 0.1) is 64.5 Å². The molecule has 70 heavy (non-hydrogen) atoms. The Morgan fingerprint density at radius 2 is 1.51 bits per heavy atom. The van der Waals surface area contributed by atoms with E-state index in [-0.39, 0.29) is 45.6 Å². The summed E-state index contributed by atoms with van der Waals surface area (Å²) in [7, 11) is -3.88. The van der Waals surface area contributed by atoms with E-state index in [0.717, 1.165) is 35.4 Å². The summed E-state index contributed by atoms with van der Waals surface area (Å²) >= 11 is 0. The van der Waals surface area contributed by atoms with Gasteiger partial charge in [-0.15, -0.1) is 0 Å². The summed E-state index contributed by atoms with van der Waals surface area (Å²) < 4.78 is 89.1. The fourth-order valence-corrected chi connectivity index (χ4v) is 14.3. The Hall–Kier alpha value is -5.35. The van der Waals surface area contributed by atoms with E-state index in [1.807, 2.05) is 18.2 Å². The molecule has 378 valence electrons. The minimum absolute atomic E-state index is 0.0110. The predicted molar refractivity (Wildman–Crippen MR) is 274 cm³/mol. The van der Waals surface area contributed by atoms with E-state index in [2.05, 4.69) is 98.4 Å². The highest BCUT2D eigenvalue weighted by atomic mass is 32.2. The number of fused-ring (bicyclic) bond motifs is 1. The summed E-state index contributed by atoms with van der Waals surface area (Å²) in [5.74, 6) is 5.56.